The molecule has 2 atom stereocenters. The number of hydrogen-bond donors (Lipinski definition) is 1. The zero-order valence-corrected chi connectivity index (χ0v) is 19.0. The Hall–Kier alpha value is -3.33. The number of ether oxygens (including phenoxy) is 1. The molecule has 9 heteroatoms. The van der Waals surface area contributed by atoms with Gasteiger partial charge in [-0.3, -0.25) is 4.79 Å². The van der Waals surface area contributed by atoms with Crippen LogP contribution in [0.4, 0.5) is 16.0 Å². The normalized spacial score (nSPS) is 19.8. The Morgan fingerprint density at radius 1 is 1.12 bits per heavy atom. The molecule has 0 spiro atoms. The van der Waals surface area contributed by atoms with Gasteiger partial charge in [0.15, 0.2) is 5.82 Å². The van der Waals surface area contributed by atoms with Crippen molar-refractivity contribution in [1.29, 1.82) is 0 Å². The van der Waals surface area contributed by atoms with Crippen LogP contribution in [0.25, 0.3) is 11.4 Å². The zero-order chi connectivity index (χ0) is 23.1. The number of morpholine rings is 1. The Morgan fingerprint density at radius 2 is 1.82 bits per heavy atom. The summed E-state index contributed by atoms with van der Waals surface area (Å²) in [6.07, 6.45) is 5.15. The number of hydrogen-bond acceptors (Lipinski definition) is 6. The fourth-order valence-corrected chi connectivity index (χ4v) is 4.68. The van der Waals surface area contributed by atoms with Gasteiger partial charge in [-0.2, -0.15) is 0 Å². The molecular weight excluding hydrogens is 423 g/mol. The quantitative estimate of drug-likeness (QED) is 0.630. The van der Waals surface area contributed by atoms with Gasteiger partial charge in [-0.25, -0.2) is 19.3 Å². The van der Waals surface area contributed by atoms with Crippen molar-refractivity contribution in [3.05, 3.63) is 53.9 Å². The first-order valence-corrected chi connectivity index (χ1v) is 11.3. The second-order valence-corrected chi connectivity index (χ2v) is 8.91. The summed E-state index contributed by atoms with van der Waals surface area (Å²) < 4.78 is 22.3. The van der Waals surface area contributed by atoms with Crippen LogP contribution >= 0.6 is 0 Å². The maximum atomic E-state index is 14.6. The van der Waals surface area contributed by atoms with Gasteiger partial charge < -0.3 is 19.5 Å². The van der Waals surface area contributed by atoms with Crippen LogP contribution in [0.5, 0.6) is 0 Å². The van der Waals surface area contributed by atoms with Crippen molar-refractivity contribution in [1.82, 2.24) is 24.4 Å². The second-order valence-electron chi connectivity index (χ2n) is 8.91. The van der Waals surface area contributed by atoms with E-state index in [1.54, 1.807) is 30.5 Å². The molecule has 0 radical (unpaired) electrons. The molecule has 2 unspecified atom stereocenters. The molecule has 0 saturated carbocycles. The monoisotopic (exact) mass is 450 g/mol. The number of anilines is 2. The highest BCUT2D eigenvalue weighted by atomic mass is 19.1. The van der Waals surface area contributed by atoms with Gasteiger partial charge in [-0.1, -0.05) is 0 Å². The highest BCUT2D eigenvalue weighted by Crippen LogP contribution is 2.28. The number of nitrogens with zero attached hydrogens (tertiary/aromatic N) is 5. The molecule has 4 heterocycles. The van der Waals surface area contributed by atoms with E-state index in [4.69, 9.17) is 4.74 Å². The lowest BCUT2D eigenvalue weighted by Crippen LogP contribution is -2.45. The molecule has 1 aromatic carbocycles. The summed E-state index contributed by atoms with van der Waals surface area (Å²) in [7, 11) is 0. The summed E-state index contributed by atoms with van der Waals surface area (Å²) in [5, 5.41) is 3.10. The van der Waals surface area contributed by atoms with E-state index in [-0.39, 0.29) is 35.8 Å². The Kier molecular flexibility index (Phi) is 5.57. The molecule has 3 aromatic rings. The summed E-state index contributed by atoms with van der Waals surface area (Å²) in [5.74, 6) is 0.563. The number of halogens is 1. The molecule has 2 aromatic heterocycles. The Bertz CT molecular complexity index is 1160. The third-order valence-corrected chi connectivity index (χ3v) is 6.20. The fourth-order valence-electron chi connectivity index (χ4n) is 4.68. The number of carbonyl (C=O) groups is 1. The minimum Gasteiger partial charge on any atom is -0.371 e. The molecular formula is C24H27FN6O2. The molecule has 1 amide bonds. The first-order chi connectivity index (χ1) is 15.9. The third-order valence-electron chi connectivity index (χ3n) is 6.20. The van der Waals surface area contributed by atoms with Gasteiger partial charge in [0.05, 0.1) is 30.3 Å². The molecule has 2 bridgehead atoms. The number of rotatable bonds is 5. The van der Waals surface area contributed by atoms with E-state index >= 15 is 0 Å². The van der Waals surface area contributed by atoms with Gasteiger partial charge in [0.1, 0.15) is 11.5 Å². The highest BCUT2D eigenvalue weighted by molar-refractivity contribution is 5.94. The lowest BCUT2D eigenvalue weighted by atomic mass is 10.1. The molecule has 5 rings (SSSR count). The van der Waals surface area contributed by atoms with Crippen molar-refractivity contribution in [3.8, 4) is 11.4 Å². The van der Waals surface area contributed by atoms with Crippen molar-refractivity contribution in [2.45, 2.75) is 51.9 Å². The number of imidazole rings is 1. The maximum Gasteiger partial charge on any atom is 0.254 e. The van der Waals surface area contributed by atoms with Gasteiger partial charge in [-0.05, 0) is 57.9 Å². The van der Waals surface area contributed by atoms with Crippen molar-refractivity contribution in [2.24, 2.45) is 0 Å². The van der Waals surface area contributed by atoms with Gasteiger partial charge >= 0.3 is 0 Å². The predicted octanol–water partition coefficient (Wildman–Crippen LogP) is 4.12. The van der Waals surface area contributed by atoms with E-state index in [1.807, 2.05) is 30.2 Å². The van der Waals surface area contributed by atoms with Crippen LogP contribution in [-0.2, 0) is 4.74 Å². The average Bonchev–Trinajstić information content (AvgIpc) is 3.36. The maximum absolute atomic E-state index is 14.6. The first-order valence-electron chi connectivity index (χ1n) is 11.3. The lowest BCUT2D eigenvalue weighted by Gasteiger charge is -2.32. The minimum absolute atomic E-state index is 0.0133. The first kappa shape index (κ1) is 21.5. The molecule has 2 aliphatic rings. The number of likely N-dealkylation sites (tertiary alicyclic amines) is 1. The molecule has 8 nitrogen and oxygen atoms in total. The smallest absolute Gasteiger partial charge is 0.254 e. The Balaban J connectivity index is 1.33. The van der Waals surface area contributed by atoms with Gasteiger partial charge in [0.2, 0.25) is 5.95 Å². The van der Waals surface area contributed by atoms with Crippen LogP contribution in [0, 0.1) is 12.7 Å². The Labute approximate surface area is 191 Å². The number of fused-ring (bicyclic) bond motifs is 2. The van der Waals surface area contributed by atoms with Crippen molar-refractivity contribution in [3.63, 3.8) is 0 Å². The second kappa shape index (κ2) is 8.55. The number of amides is 1. The van der Waals surface area contributed by atoms with E-state index in [0.717, 1.165) is 24.9 Å². The third kappa shape index (κ3) is 4.20. The molecule has 1 N–H and O–H groups in total. The van der Waals surface area contributed by atoms with E-state index < -0.39 is 5.82 Å². The standard InChI is InChI=1S/C24H27FN6O2/c1-14(2)31-15(3)26-11-21(31)22-20(25)10-27-24(29-22)28-17-6-4-16(5-7-17)23(32)30-12-18-8-9-19(13-30)33-18/h4-7,10-11,14,18-19H,8-9,12-13H2,1-3H3,(H,27,28,29). The number of nitrogens with one attached hydrogen (secondary N) is 1. The van der Waals surface area contributed by atoms with Crippen molar-refractivity contribution >= 4 is 17.5 Å². The van der Waals surface area contributed by atoms with E-state index in [2.05, 4.69) is 20.3 Å². The van der Waals surface area contributed by atoms with Crippen molar-refractivity contribution < 1.29 is 13.9 Å². The van der Waals surface area contributed by atoms with Crippen LogP contribution in [0.3, 0.4) is 0 Å². The van der Waals surface area contributed by atoms with Crippen LogP contribution < -0.4 is 5.32 Å². The van der Waals surface area contributed by atoms with E-state index in [9.17, 15) is 9.18 Å². The fraction of sp³-hybridized carbons (Fsp3) is 0.417. The van der Waals surface area contributed by atoms with Gasteiger partial charge in [0, 0.05) is 30.4 Å². The molecule has 2 fully saturated rings. The molecule has 0 aliphatic carbocycles. The van der Waals surface area contributed by atoms with Crippen molar-refractivity contribution in [2.75, 3.05) is 18.4 Å². The van der Waals surface area contributed by atoms with Gasteiger partial charge in [-0.15, -0.1) is 0 Å². The zero-order valence-electron chi connectivity index (χ0n) is 19.0. The SMILES string of the molecule is Cc1ncc(-c2nc(Nc3ccc(C(=O)N4CC5CCC(C4)O5)cc3)ncc2F)n1C(C)C. The van der Waals surface area contributed by atoms with Crippen LogP contribution in [0.15, 0.2) is 36.7 Å². The molecule has 2 saturated heterocycles. The van der Waals surface area contributed by atoms with E-state index in [1.165, 1.54) is 0 Å². The number of aryl methyl sites for hydroxylation is 1. The number of carbonyl (C=O) groups excluding carboxylic acids is 1. The molecule has 2 aliphatic heterocycles. The molecule has 172 valence electrons. The summed E-state index contributed by atoms with van der Waals surface area (Å²) >= 11 is 0. The number of aromatic nitrogens is 4. The molecule has 33 heavy (non-hydrogen) atoms. The topological polar surface area (TPSA) is 85.2 Å². The van der Waals surface area contributed by atoms with E-state index in [0.29, 0.717) is 30.0 Å². The van der Waals surface area contributed by atoms with Crippen LogP contribution in [-0.4, -0.2) is 55.6 Å². The largest absolute Gasteiger partial charge is 0.371 e. The Morgan fingerprint density at radius 3 is 2.48 bits per heavy atom. The van der Waals surface area contributed by atoms with Crippen LogP contribution in [0.1, 0.15) is 48.9 Å². The highest BCUT2D eigenvalue weighted by Gasteiger charge is 2.35. The minimum atomic E-state index is -0.511. The predicted molar refractivity (Wildman–Crippen MR) is 122 cm³/mol. The average molecular weight is 451 g/mol. The summed E-state index contributed by atoms with van der Waals surface area (Å²) in [4.78, 5) is 27.6. The van der Waals surface area contributed by atoms with Gasteiger partial charge in [0.25, 0.3) is 5.91 Å². The summed E-state index contributed by atoms with van der Waals surface area (Å²) in [6, 6.07) is 7.28. The lowest BCUT2D eigenvalue weighted by molar-refractivity contribution is -0.0303. The summed E-state index contributed by atoms with van der Waals surface area (Å²) in [6.45, 7) is 7.20. The van der Waals surface area contributed by atoms with Crippen LogP contribution in [0.2, 0.25) is 0 Å². The number of benzene rings is 1. The summed E-state index contributed by atoms with van der Waals surface area (Å²) in [5.41, 5.74) is 2.12.